The lowest BCUT2D eigenvalue weighted by molar-refractivity contribution is -0.134. The van der Waals surface area contributed by atoms with Gasteiger partial charge in [-0.05, 0) is 25.0 Å². The van der Waals surface area contributed by atoms with Gasteiger partial charge in [-0.3, -0.25) is 14.5 Å². The number of piperazine rings is 1. The van der Waals surface area contributed by atoms with Crippen LogP contribution < -0.4 is 10.2 Å². The Kier molecular flexibility index (Phi) is 4.55. The van der Waals surface area contributed by atoms with Crippen molar-refractivity contribution in [1.29, 1.82) is 0 Å². The first kappa shape index (κ1) is 15.4. The van der Waals surface area contributed by atoms with E-state index in [4.69, 9.17) is 0 Å². The van der Waals surface area contributed by atoms with Crippen molar-refractivity contribution in [3.63, 3.8) is 0 Å². The van der Waals surface area contributed by atoms with Gasteiger partial charge in [0.15, 0.2) is 0 Å². The van der Waals surface area contributed by atoms with E-state index in [0.29, 0.717) is 12.8 Å². The zero-order chi connectivity index (χ0) is 15.6. The van der Waals surface area contributed by atoms with Crippen LogP contribution in [0.5, 0.6) is 0 Å². The summed E-state index contributed by atoms with van der Waals surface area (Å²) in [7, 11) is 0. The molecule has 1 aliphatic rings. The maximum absolute atomic E-state index is 13.4. The number of carbonyl (C=O) groups is 2. The molecular weight excluding hydrogens is 278 g/mol. The Morgan fingerprint density at radius 1 is 1.14 bits per heavy atom. The minimum Gasteiger partial charge on any atom is -0.342 e. The van der Waals surface area contributed by atoms with Crippen LogP contribution >= 0.6 is 0 Å². The number of rotatable bonds is 4. The minimum atomic E-state index is -0.773. The van der Waals surface area contributed by atoms with Crippen LogP contribution in [0.4, 0.5) is 14.5 Å². The Hall–Kier alpha value is -1.98. The van der Waals surface area contributed by atoms with Crippen LogP contribution in [0.15, 0.2) is 18.2 Å². The van der Waals surface area contributed by atoms with Gasteiger partial charge in [0.1, 0.15) is 23.7 Å². The largest absolute Gasteiger partial charge is 0.342 e. The molecule has 4 nitrogen and oxygen atoms in total. The fourth-order valence-electron chi connectivity index (χ4n) is 2.61. The number of hydrogen-bond acceptors (Lipinski definition) is 2. The molecule has 1 N–H and O–H groups in total. The van der Waals surface area contributed by atoms with Gasteiger partial charge in [-0.2, -0.15) is 0 Å². The first-order chi connectivity index (χ1) is 9.97. The van der Waals surface area contributed by atoms with E-state index in [1.54, 1.807) is 6.92 Å². The average molecular weight is 296 g/mol. The van der Waals surface area contributed by atoms with Gasteiger partial charge in [0, 0.05) is 6.07 Å². The first-order valence-corrected chi connectivity index (χ1v) is 7.07. The third kappa shape index (κ3) is 3.04. The minimum absolute atomic E-state index is 0.0836. The smallest absolute Gasteiger partial charge is 0.250 e. The summed E-state index contributed by atoms with van der Waals surface area (Å²) in [6, 6.07) is 1.50. The quantitative estimate of drug-likeness (QED) is 0.927. The maximum Gasteiger partial charge on any atom is 0.250 e. The monoisotopic (exact) mass is 296 g/mol. The molecule has 1 aromatic rings. The van der Waals surface area contributed by atoms with E-state index in [0.717, 1.165) is 24.6 Å². The van der Waals surface area contributed by atoms with Crippen LogP contribution in [0.25, 0.3) is 0 Å². The molecule has 21 heavy (non-hydrogen) atoms. The second-order valence-electron chi connectivity index (χ2n) is 5.11. The molecule has 0 radical (unpaired) electrons. The van der Waals surface area contributed by atoms with Gasteiger partial charge in [0.25, 0.3) is 0 Å². The van der Waals surface area contributed by atoms with Crippen molar-refractivity contribution >= 4 is 17.5 Å². The topological polar surface area (TPSA) is 49.4 Å². The predicted molar refractivity (Wildman–Crippen MR) is 74.8 cm³/mol. The molecule has 1 aliphatic heterocycles. The van der Waals surface area contributed by atoms with E-state index in [1.807, 2.05) is 6.92 Å². The van der Waals surface area contributed by atoms with Gasteiger partial charge in [-0.1, -0.05) is 20.3 Å². The van der Waals surface area contributed by atoms with Crippen LogP contribution in [0, 0.1) is 11.6 Å². The number of hydrogen-bond donors (Lipinski definition) is 1. The number of nitrogens with zero attached hydrogens (tertiary/aromatic N) is 1. The molecule has 1 aromatic carbocycles. The van der Waals surface area contributed by atoms with Crippen LogP contribution in [-0.2, 0) is 9.59 Å². The molecule has 0 bridgehead atoms. The highest BCUT2D eigenvalue weighted by Gasteiger charge is 2.40. The Morgan fingerprint density at radius 3 is 2.29 bits per heavy atom. The van der Waals surface area contributed by atoms with Crippen molar-refractivity contribution in [3.05, 3.63) is 29.8 Å². The summed E-state index contributed by atoms with van der Waals surface area (Å²) in [4.78, 5) is 25.9. The molecule has 2 unspecified atom stereocenters. The number of nitrogens with one attached hydrogen (secondary N) is 1. The van der Waals surface area contributed by atoms with E-state index in [2.05, 4.69) is 5.32 Å². The van der Waals surface area contributed by atoms with Crippen LogP contribution in [0.2, 0.25) is 0 Å². The average Bonchev–Trinajstić information content (AvgIpc) is 2.41. The second-order valence-corrected chi connectivity index (χ2v) is 5.11. The standard InChI is InChI=1S/C15H18F2N2O2/c1-3-5-12-15(21)19(13(4-2)14(20)18-12)11-7-9(16)6-10(17)8-11/h6-8,12-13H,3-5H2,1-2H3,(H,18,20). The Bertz CT molecular complexity index is 542. The van der Waals surface area contributed by atoms with Crippen molar-refractivity contribution in [2.24, 2.45) is 0 Å². The molecule has 0 aliphatic carbocycles. The van der Waals surface area contributed by atoms with Gasteiger partial charge >= 0.3 is 0 Å². The number of carbonyl (C=O) groups excluding carboxylic acids is 2. The molecule has 2 atom stereocenters. The lowest BCUT2D eigenvalue weighted by Gasteiger charge is -2.38. The molecule has 114 valence electrons. The van der Waals surface area contributed by atoms with E-state index in [9.17, 15) is 18.4 Å². The summed E-state index contributed by atoms with van der Waals surface area (Å²) >= 11 is 0. The third-order valence-corrected chi connectivity index (χ3v) is 3.56. The summed E-state index contributed by atoms with van der Waals surface area (Å²) in [5, 5.41) is 2.68. The van der Waals surface area contributed by atoms with E-state index < -0.39 is 23.7 Å². The van der Waals surface area contributed by atoms with E-state index in [-0.39, 0.29) is 17.5 Å². The molecule has 2 rings (SSSR count). The number of halogens is 2. The van der Waals surface area contributed by atoms with E-state index >= 15 is 0 Å². The normalized spacial score (nSPS) is 22.4. The highest BCUT2D eigenvalue weighted by Crippen LogP contribution is 2.26. The number of amides is 2. The Labute approximate surface area is 122 Å². The maximum atomic E-state index is 13.4. The van der Waals surface area contributed by atoms with Crippen molar-refractivity contribution < 1.29 is 18.4 Å². The lowest BCUT2D eigenvalue weighted by atomic mass is 10.0. The van der Waals surface area contributed by atoms with Crippen LogP contribution in [0.1, 0.15) is 33.1 Å². The van der Waals surface area contributed by atoms with E-state index in [1.165, 1.54) is 4.90 Å². The molecule has 0 saturated carbocycles. The third-order valence-electron chi connectivity index (χ3n) is 3.56. The molecule has 0 aromatic heterocycles. The summed E-state index contributed by atoms with van der Waals surface area (Å²) in [5.74, 6) is -2.16. The number of anilines is 1. The second kappa shape index (κ2) is 6.20. The Morgan fingerprint density at radius 2 is 1.76 bits per heavy atom. The van der Waals surface area contributed by atoms with Crippen molar-refractivity contribution in [3.8, 4) is 0 Å². The lowest BCUT2D eigenvalue weighted by Crippen LogP contribution is -2.63. The van der Waals surface area contributed by atoms with Gasteiger partial charge in [0.2, 0.25) is 11.8 Å². The molecule has 1 saturated heterocycles. The summed E-state index contributed by atoms with van der Waals surface area (Å²) in [6.07, 6.45) is 1.59. The summed E-state index contributed by atoms with van der Waals surface area (Å²) in [5.41, 5.74) is 0.0836. The van der Waals surface area contributed by atoms with Gasteiger partial charge in [0.05, 0.1) is 5.69 Å². The van der Waals surface area contributed by atoms with Gasteiger partial charge in [-0.15, -0.1) is 0 Å². The van der Waals surface area contributed by atoms with Crippen LogP contribution in [-0.4, -0.2) is 23.9 Å². The van der Waals surface area contributed by atoms with Crippen molar-refractivity contribution in [1.82, 2.24) is 5.32 Å². The number of benzene rings is 1. The molecule has 2 amide bonds. The van der Waals surface area contributed by atoms with Crippen LogP contribution in [0.3, 0.4) is 0 Å². The molecule has 0 spiro atoms. The SMILES string of the molecule is CCCC1NC(=O)C(CC)N(c2cc(F)cc(F)c2)C1=O. The predicted octanol–water partition coefficient (Wildman–Crippen LogP) is 2.37. The fraction of sp³-hybridized carbons (Fsp3) is 0.467. The zero-order valence-electron chi connectivity index (χ0n) is 12.0. The van der Waals surface area contributed by atoms with Crippen molar-refractivity contribution in [2.75, 3.05) is 4.90 Å². The zero-order valence-corrected chi connectivity index (χ0v) is 12.0. The summed E-state index contributed by atoms with van der Waals surface area (Å²) in [6.45, 7) is 3.65. The molecule has 1 fully saturated rings. The first-order valence-electron chi connectivity index (χ1n) is 7.07. The molecule has 1 heterocycles. The fourth-order valence-corrected chi connectivity index (χ4v) is 2.61. The van der Waals surface area contributed by atoms with Crippen molar-refractivity contribution in [2.45, 2.75) is 45.2 Å². The van der Waals surface area contributed by atoms with Gasteiger partial charge < -0.3 is 5.32 Å². The highest BCUT2D eigenvalue weighted by atomic mass is 19.1. The molecule has 6 heteroatoms. The molecular formula is C15H18F2N2O2. The highest BCUT2D eigenvalue weighted by molar-refractivity contribution is 6.08. The van der Waals surface area contributed by atoms with Gasteiger partial charge in [-0.25, -0.2) is 8.78 Å². The Balaban J connectivity index is 2.43. The summed E-state index contributed by atoms with van der Waals surface area (Å²) < 4.78 is 26.8.